The molecule has 0 aliphatic rings. The summed E-state index contributed by atoms with van der Waals surface area (Å²) in [6.07, 6.45) is 0. The van der Waals surface area contributed by atoms with E-state index < -0.39 is 0 Å². The van der Waals surface area contributed by atoms with Crippen molar-refractivity contribution in [3.8, 4) is 5.75 Å². The van der Waals surface area contributed by atoms with E-state index in [9.17, 15) is 4.39 Å². The highest BCUT2D eigenvalue weighted by molar-refractivity contribution is 9.10. The molecule has 0 saturated carbocycles. The Labute approximate surface area is 84.5 Å². The van der Waals surface area contributed by atoms with Crippen molar-refractivity contribution >= 4 is 28.6 Å². The number of hydrogen-bond donors (Lipinski definition) is 1. The summed E-state index contributed by atoms with van der Waals surface area (Å²) in [4.78, 5) is 0. The van der Waals surface area contributed by atoms with Gasteiger partial charge in [-0.3, -0.25) is 0 Å². The van der Waals surface area contributed by atoms with E-state index in [4.69, 9.17) is 4.74 Å². The van der Waals surface area contributed by atoms with E-state index in [1.54, 1.807) is 12.1 Å². The van der Waals surface area contributed by atoms with Gasteiger partial charge in [-0.2, -0.15) is 12.6 Å². The van der Waals surface area contributed by atoms with Crippen molar-refractivity contribution < 1.29 is 9.13 Å². The molecule has 0 fully saturated rings. The summed E-state index contributed by atoms with van der Waals surface area (Å²) < 4.78 is 18.3. The average molecular weight is 251 g/mol. The standard InChI is InChI=1S/C8H8BrFOS/c9-7-5-6(11-3-4-12)1-2-8(7)10/h1-2,5,12H,3-4H2. The largest absolute Gasteiger partial charge is 0.493 e. The van der Waals surface area contributed by atoms with Gasteiger partial charge in [-0.05, 0) is 34.1 Å². The Balaban J connectivity index is 2.69. The first-order valence-corrected chi connectivity index (χ1v) is 4.85. The van der Waals surface area contributed by atoms with Gasteiger partial charge in [-0.1, -0.05) is 0 Å². The van der Waals surface area contributed by atoms with Gasteiger partial charge in [0, 0.05) is 5.75 Å². The van der Waals surface area contributed by atoms with Crippen LogP contribution in [0.15, 0.2) is 22.7 Å². The van der Waals surface area contributed by atoms with Crippen LogP contribution in [-0.4, -0.2) is 12.4 Å². The van der Waals surface area contributed by atoms with Gasteiger partial charge in [-0.15, -0.1) is 0 Å². The van der Waals surface area contributed by atoms with Crippen LogP contribution >= 0.6 is 28.6 Å². The maximum Gasteiger partial charge on any atom is 0.137 e. The second-order valence-electron chi connectivity index (χ2n) is 2.15. The molecule has 66 valence electrons. The summed E-state index contributed by atoms with van der Waals surface area (Å²) in [5.74, 6) is 1.01. The fourth-order valence-electron chi connectivity index (χ4n) is 0.730. The van der Waals surface area contributed by atoms with Crippen molar-refractivity contribution in [2.45, 2.75) is 0 Å². The molecular weight excluding hydrogens is 243 g/mol. The minimum Gasteiger partial charge on any atom is -0.493 e. The third-order valence-electron chi connectivity index (χ3n) is 1.25. The predicted octanol–water partition coefficient (Wildman–Crippen LogP) is 2.90. The molecule has 1 aromatic rings. The first kappa shape index (κ1) is 9.86. The molecule has 0 unspecified atom stereocenters. The third-order valence-corrected chi connectivity index (χ3v) is 2.04. The number of thiol groups is 1. The van der Waals surface area contributed by atoms with Crippen LogP contribution in [0.3, 0.4) is 0 Å². The zero-order chi connectivity index (χ0) is 8.97. The maximum absolute atomic E-state index is 12.7. The van der Waals surface area contributed by atoms with Crippen LogP contribution in [0.1, 0.15) is 0 Å². The van der Waals surface area contributed by atoms with Gasteiger partial charge in [0.1, 0.15) is 11.6 Å². The smallest absolute Gasteiger partial charge is 0.137 e. The average Bonchev–Trinajstić information content (AvgIpc) is 2.07. The Morgan fingerprint density at radius 3 is 2.83 bits per heavy atom. The van der Waals surface area contributed by atoms with E-state index >= 15 is 0 Å². The molecule has 1 aromatic carbocycles. The van der Waals surface area contributed by atoms with E-state index in [1.807, 2.05) is 0 Å². The van der Waals surface area contributed by atoms with Gasteiger partial charge in [0.15, 0.2) is 0 Å². The van der Waals surface area contributed by atoms with E-state index in [1.165, 1.54) is 6.07 Å². The lowest BCUT2D eigenvalue weighted by atomic mass is 10.3. The first-order valence-electron chi connectivity index (χ1n) is 3.43. The van der Waals surface area contributed by atoms with Crippen LogP contribution in [0.25, 0.3) is 0 Å². The first-order chi connectivity index (χ1) is 5.74. The van der Waals surface area contributed by atoms with Crippen LogP contribution in [0.5, 0.6) is 5.75 Å². The Hall–Kier alpha value is -0.220. The number of ether oxygens (including phenoxy) is 1. The van der Waals surface area contributed by atoms with E-state index in [0.29, 0.717) is 22.6 Å². The molecular formula is C8H8BrFOS. The minimum atomic E-state index is -0.284. The Bertz CT molecular complexity index is 267. The fraction of sp³-hybridized carbons (Fsp3) is 0.250. The number of rotatable bonds is 3. The highest BCUT2D eigenvalue weighted by atomic mass is 79.9. The van der Waals surface area contributed by atoms with Crippen molar-refractivity contribution in [3.05, 3.63) is 28.5 Å². The zero-order valence-corrected chi connectivity index (χ0v) is 8.74. The fourth-order valence-corrected chi connectivity index (χ4v) is 1.18. The second kappa shape index (κ2) is 4.72. The number of halogens is 2. The van der Waals surface area contributed by atoms with Crippen LogP contribution in [-0.2, 0) is 0 Å². The topological polar surface area (TPSA) is 9.23 Å². The normalized spacial score (nSPS) is 9.92. The summed E-state index contributed by atoms with van der Waals surface area (Å²) in [7, 11) is 0. The summed E-state index contributed by atoms with van der Waals surface area (Å²) in [6.45, 7) is 0.529. The SMILES string of the molecule is Fc1ccc(OCCS)cc1Br. The van der Waals surface area contributed by atoms with Gasteiger partial charge in [0.05, 0.1) is 11.1 Å². The predicted molar refractivity (Wildman–Crippen MR) is 53.4 cm³/mol. The molecule has 0 aliphatic heterocycles. The lowest BCUT2D eigenvalue weighted by Crippen LogP contribution is -1.97. The molecule has 1 rings (SSSR count). The number of benzene rings is 1. The van der Waals surface area contributed by atoms with Crippen molar-refractivity contribution in [1.82, 2.24) is 0 Å². The lowest BCUT2D eigenvalue weighted by molar-refractivity contribution is 0.343. The van der Waals surface area contributed by atoms with Crippen molar-refractivity contribution in [2.75, 3.05) is 12.4 Å². The van der Waals surface area contributed by atoms with Gasteiger partial charge in [0.2, 0.25) is 0 Å². The maximum atomic E-state index is 12.7. The summed E-state index contributed by atoms with van der Waals surface area (Å²) in [5.41, 5.74) is 0. The molecule has 0 saturated heterocycles. The van der Waals surface area contributed by atoms with Crippen molar-refractivity contribution in [2.24, 2.45) is 0 Å². The van der Waals surface area contributed by atoms with E-state index in [-0.39, 0.29) is 5.82 Å². The molecule has 1 nitrogen and oxygen atoms in total. The summed E-state index contributed by atoms with van der Waals surface area (Å²) in [6, 6.07) is 4.54. The van der Waals surface area contributed by atoms with Crippen LogP contribution < -0.4 is 4.74 Å². The molecule has 0 aliphatic carbocycles. The monoisotopic (exact) mass is 250 g/mol. The molecule has 12 heavy (non-hydrogen) atoms. The van der Waals surface area contributed by atoms with E-state index in [2.05, 4.69) is 28.6 Å². The second-order valence-corrected chi connectivity index (χ2v) is 3.45. The molecule has 0 spiro atoms. The van der Waals surface area contributed by atoms with Crippen LogP contribution in [0, 0.1) is 5.82 Å². The highest BCUT2D eigenvalue weighted by Crippen LogP contribution is 2.21. The molecule has 0 heterocycles. The molecule has 0 amide bonds. The lowest BCUT2D eigenvalue weighted by Gasteiger charge is -2.04. The Kier molecular flexibility index (Phi) is 3.88. The van der Waals surface area contributed by atoms with Gasteiger partial charge in [0.25, 0.3) is 0 Å². The Morgan fingerprint density at radius 2 is 2.25 bits per heavy atom. The summed E-state index contributed by atoms with van der Waals surface area (Å²) in [5, 5.41) is 0. The molecule has 0 N–H and O–H groups in total. The Morgan fingerprint density at radius 1 is 1.50 bits per heavy atom. The third kappa shape index (κ3) is 2.68. The number of hydrogen-bond acceptors (Lipinski definition) is 2. The van der Waals surface area contributed by atoms with Crippen molar-refractivity contribution in [1.29, 1.82) is 0 Å². The van der Waals surface area contributed by atoms with Crippen molar-refractivity contribution in [3.63, 3.8) is 0 Å². The molecule has 4 heteroatoms. The van der Waals surface area contributed by atoms with Gasteiger partial charge >= 0.3 is 0 Å². The minimum absolute atomic E-state index is 0.284. The van der Waals surface area contributed by atoms with Crippen LogP contribution in [0.4, 0.5) is 4.39 Å². The van der Waals surface area contributed by atoms with Gasteiger partial charge in [-0.25, -0.2) is 4.39 Å². The highest BCUT2D eigenvalue weighted by Gasteiger charge is 1.99. The molecule has 0 aromatic heterocycles. The quantitative estimate of drug-likeness (QED) is 0.812. The van der Waals surface area contributed by atoms with Gasteiger partial charge < -0.3 is 4.74 Å². The van der Waals surface area contributed by atoms with Crippen LogP contribution in [0.2, 0.25) is 0 Å². The zero-order valence-electron chi connectivity index (χ0n) is 6.26. The molecule has 0 radical (unpaired) electrons. The molecule has 0 bridgehead atoms. The summed E-state index contributed by atoms with van der Waals surface area (Å²) >= 11 is 7.05. The molecule has 0 atom stereocenters. The van der Waals surface area contributed by atoms with E-state index in [0.717, 1.165) is 0 Å².